The minimum atomic E-state index is -0.798. The van der Waals surface area contributed by atoms with Crippen molar-refractivity contribution in [3.05, 3.63) is 86.4 Å². The number of halogens is 1. The van der Waals surface area contributed by atoms with Gasteiger partial charge in [-0.05, 0) is 23.8 Å². The van der Waals surface area contributed by atoms with Gasteiger partial charge in [0, 0.05) is 12.1 Å². The second kappa shape index (κ2) is 10.2. The number of hydrogen-bond acceptors (Lipinski definition) is 6. The molecule has 32 heavy (non-hydrogen) atoms. The molecule has 0 atom stereocenters. The Morgan fingerprint density at radius 1 is 1.09 bits per heavy atom. The largest absolute Gasteiger partial charge is 0.497 e. The molecule has 0 spiro atoms. The SMILES string of the molecule is COc1ccc(Cn2c(NCCN=C(N)N)nc(=O)n(Cc3ccccc3F)c2=O)cc1. The van der Waals surface area contributed by atoms with E-state index in [4.69, 9.17) is 16.2 Å². The summed E-state index contributed by atoms with van der Waals surface area (Å²) in [6.45, 7) is 0.342. The van der Waals surface area contributed by atoms with Crippen LogP contribution in [0, 0.1) is 5.82 Å². The van der Waals surface area contributed by atoms with Gasteiger partial charge in [-0.25, -0.2) is 18.5 Å². The van der Waals surface area contributed by atoms with Crippen LogP contribution in [-0.4, -0.2) is 40.3 Å². The molecule has 1 aromatic heterocycles. The third-order valence-corrected chi connectivity index (χ3v) is 4.63. The highest BCUT2D eigenvalue weighted by molar-refractivity contribution is 5.75. The number of nitrogens with two attached hydrogens (primary N) is 2. The highest BCUT2D eigenvalue weighted by atomic mass is 19.1. The zero-order chi connectivity index (χ0) is 23.1. The molecule has 0 amide bonds. The summed E-state index contributed by atoms with van der Waals surface area (Å²) in [7, 11) is 1.56. The number of methoxy groups -OCH3 is 1. The zero-order valence-corrected chi connectivity index (χ0v) is 17.5. The van der Waals surface area contributed by atoms with Gasteiger partial charge in [-0.1, -0.05) is 30.3 Å². The van der Waals surface area contributed by atoms with Crippen LogP contribution in [0.4, 0.5) is 10.3 Å². The fraction of sp³-hybridized carbons (Fsp3) is 0.238. The van der Waals surface area contributed by atoms with Gasteiger partial charge in [-0.15, -0.1) is 0 Å². The number of aromatic nitrogens is 3. The molecule has 0 radical (unpaired) electrons. The van der Waals surface area contributed by atoms with Crippen LogP contribution in [0.25, 0.3) is 0 Å². The number of rotatable bonds is 9. The first-order valence-electron chi connectivity index (χ1n) is 9.76. The Morgan fingerprint density at radius 2 is 1.81 bits per heavy atom. The normalized spacial score (nSPS) is 10.6. The van der Waals surface area contributed by atoms with Gasteiger partial charge in [0.2, 0.25) is 5.95 Å². The third kappa shape index (κ3) is 5.50. The van der Waals surface area contributed by atoms with E-state index in [1.807, 2.05) is 0 Å². The van der Waals surface area contributed by atoms with Crippen LogP contribution >= 0.6 is 0 Å². The van der Waals surface area contributed by atoms with Crippen molar-refractivity contribution < 1.29 is 9.13 Å². The number of nitrogens with one attached hydrogen (secondary N) is 1. The highest BCUT2D eigenvalue weighted by Gasteiger charge is 2.15. The van der Waals surface area contributed by atoms with Crippen LogP contribution in [0.2, 0.25) is 0 Å². The summed E-state index contributed by atoms with van der Waals surface area (Å²) in [5.41, 5.74) is 10.2. The predicted molar refractivity (Wildman–Crippen MR) is 120 cm³/mol. The second-order valence-corrected chi connectivity index (χ2v) is 6.85. The molecular weight excluding hydrogens is 417 g/mol. The van der Waals surface area contributed by atoms with Gasteiger partial charge >= 0.3 is 11.4 Å². The maximum Gasteiger partial charge on any atom is 0.355 e. The molecule has 10 nitrogen and oxygen atoms in total. The van der Waals surface area contributed by atoms with Gasteiger partial charge in [0.05, 0.1) is 26.7 Å². The van der Waals surface area contributed by atoms with E-state index in [2.05, 4.69) is 15.3 Å². The van der Waals surface area contributed by atoms with Crippen LogP contribution in [0.1, 0.15) is 11.1 Å². The second-order valence-electron chi connectivity index (χ2n) is 6.85. The van der Waals surface area contributed by atoms with Gasteiger partial charge < -0.3 is 21.5 Å². The van der Waals surface area contributed by atoms with E-state index < -0.39 is 17.2 Å². The topological polar surface area (TPSA) is 143 Å². The minimum Gasteiger partial charge on any atom is -0.497 e. The van der Waals surface area contributed by atoms with E-state index in [0.29, 0.717) is 5.75 Å². The molecule has 168 valence electrons. The van der Waals surface area contributed by atoms with Crippen molar-refractivity contribution in [2.45, 2.75) is 13.1 Å². The summed E-state index contributed by atoms with van der Waals surface area (Å²) in [6.07, 6.45) is 0. The highest BCUT2D eigenvalue weighted by Crippen LogP contribution is 2.13. The third-order valence-electron chi connectivity index (χ3n) is 4.63. The van der Waals surface area contributed by atoms with Gasteiger partial charge in [0.1, 0.15) is 11.6 Å². The first-order chi connectivity index (χ1) is 15.4. The van der Waals surface area contributed by atoms with Crippen molar-refractivity contribution in [1.82, 2.24) is 14.1 Å². The van der Waals surface area contributed by atoms with Crippen molar-refractivity contribution in [3.8, 4) is 5.75 Å². The van der Waals surface area contributed by atoms with Crippen LogP contribution in [0.3, 0.4) is 0 Å². The van der Waals surface area contributed by atoms with Gasteiger partial charge in [-0.2, -0.15) is 4.98 Å². The van der Waals surface area contributed by atoms with Crippen molar-refractivity contribution in [1.29, 1.82) is 0 Å². The molecule has 0 aliphatic heterocycles. The number of hydrogen-bond donors (Lipinski definition) is 3. The van der Waals surface area contributed by atoms with E-state index in [1.54, 1.807) is 37.4 Å². The summed E-state index contributed by atoms with van der Waals surface area (Å²) in [4.78, 5) is 33.7. The number of aliphatic imine (C=N–C) groups is 1. The molecule has 3 aromatic rings. The number of anilines is 1. The van der Waals surface area contributed by atoms with Gasteiger partial charge in [0.25, 0.3) is 0 Å². The van der Waals surface area contributed by atoms with E-state index in [-0.39, 0.29) is 43.7 Å². The van der Waals surface area contributed by atoms with Crippen LogP contribution in [-0.2, 0) is 13.1 Å². The van der Waals surface area contributed by atoms with Crippen LogP contribution in [0.15, 0.2) is 63.1 Å². The summed E-state index contributed by atoms with van der Waals surface area (Å²) >= 11 is 0. The Morgan fingerprint density at radius 3 is 2.47 bits per heavy atom. The molecule has 0 fully saturated rings. The maximum atomic E-state index is 14.1. The Bertz CT molecular complexity index is 1220. The van der Waals surface area contributed by atoms with E-state index in [9.17, 15) is 14.0 Å². The smallest absolute Gasteiger partial charge is 0.355 e. The molecular formula is C21H24FN7O3. The maximum absolute atomic E-state index is 14.1. The molecule has 0 saturated carbocycles. The van der Waals surface area contributed by atoms with Crippen molar-refractivity contribution in [2.24, 2.45) is 16.5 Å². The van der Waals surface area contributed by atoms with Crippen molar-refractivity contribution in [3.63, 3.8) is 0 Å². The van der Waals surface area contributed by atoms with Crippen LogP contribution < -0.4 is 32.9 Å². The lowest BCUT2D eigenvalue weighted by Gasteiger charge is -2.15. The Balaban J connectivity index is 1.99. The average Bonchev–Trinajstić information content (AvgIpc) is 2.78. The summed E-state index contributed by atoms with van der Waals surface area (Å²) in [6, 6.07) is 13.0. The van der Waals surface area contributed by atoms with Gasteiger partial charge in [-0.3, -0.25) is 9.56 Å². The molecule has 5 N–H and O–H groups in total. The summed E-state index contributed by atoms with van der Waals surface area (Å²) in [5, 5.41) is 2.92. The lowest BCUT2D eigenvalue weighted by molar-refractivity contribution is 0.414. The molecule has 0 unspecified atom stereocenters. The molecule has 1 heterocycles. The molecule has 0 saturated heterocycles. The lowest BCUT2D eigenvalue weighted by Crippen LogP contribution is -2.43. The quantitative estimate of drug-likeness (QED) is 0.247. The summed E-state index contributed by atoms with van der Waals surface area (Å²) < 4.78 is 21.5. The molecule has 0 aliphatic carbocycles. The van der Waals surface area contributed by atoms with E-state index in [0.717, 1.165) is 10.1 Å². The average molecular weight is 441 g/mol. The number of nitrogens with zero attached hydrogens (tertiary/aromatic N) is 4. The first kappa shape index (κ1) is 22.5. The fourth-order valence-corrected chi connectivity index (χ4v) is 3.01. The first-order valence-corrected chi connectivity index (χ1v) is 9.76. The lowest BCUT2D eigenvalue weighted by atomic mass is 10.2. The van der Waals surface area contributed by atoms with Gasteiger partial charge in [0.15, 0.2) is 5.96 Å². The Labute approximate surface area is 183 Å². The number of ether oxygens (including phenoxy) is 1. The van der Waals surface area contributed by atoms with E-state index in [1.165, 1.54) is 22.8 Å². The zero-order valence-electron chi connectivity index (χ0n) is 17.5. The molecule has 3 rings (SSSR count). The molecule has 0 aliphatic rings. The fourth-order valence-electron chi connectivity index (χ4n) is 3.01. The van der Waals surface area contributed by atoms with E-state index >= 15 is 0 Å². The Kier molecular flexibility index (Phi) is 7.21. The van der Waals surface area contributed by atoms with Crippen LogP contribution in [0.5, 0.6) is 5.75 Å². The molecule has 11 heteroatoms. The Hall–Kier alpha value is -4.15. The molecule has 0 bridgehead atoms. The minimum absolute atomic E-state index is 0.0615. The number of benzene rings is 2. The standard InChI is InChI=1S/C21H24FN7O3/c1-32-16-8-6-14(7-9-16)12-28-19(26-11-10-25-18(23)24)27-20(30)29(21(28)31)13-15-4-2-3-5-17(15)22/h2-9H,10-13H2,1H3,(H4,23,24,25)(H,26,27,30). The molecule has 2 aromatic carbocycles. The monoisotopic (exact) mass is 441 g/mol. The van der Waals surface area contributed by atoms with Crippen molar-refractivity contribution >= 4 is 11.9 Å². The summed E-state index contributed by atoms with van der Waals surface area (Å²) in [5.74, 6) is 0.140. The van der Waals surface area contributed by atoms with Crippen molar-refractivity contribution in [2.75, 3.05) is 25.5 Å². The predicted octanol–water partition coefficient (Wildman–Crippen LogP) is 0.335. The number of guanidine groups is 1.